The summed E-state index contributed by atoms with van der Waals surface area (Å²) in [5.74, 6) is 0. The van der Waals surface area contributed by atoms with Crippen molar-refractivity contribution < 1.29 is 0 Å². The molecule has 0 atom stereocenters. The topological polar surface area (TPSA) is 41.3 Å². The Labute approximate surface area is 111 Å². The number of anilines is 2. The molecule has 3 nitrogen and oxygen atoms in total. The summed E-state index contributed by atoms with van der Waals surface area (Å²) in [4.78, 5) is 2.51. The zero-order valence-electron chi connectivity index (χ0n) is 10.3. The molecule has 1 heterocycles. The molecule has 94 valence electrons. The van der Waals surface area contributed by atoms with Crippen LogP contribution in [0.4, 0.5) is 11.4 Å². The third kappa shape index (κ3) is 3.36. The fourth-order valence-corrected chi connectivity index (χ4v) is 2.69. The monoisotopic (exact) mass is 297 g/mol. The van der Waals surface area contributed by atoms with E-state index in [-0.39, 0.29) is 0 Å². The summed E-state index contributed by atoms with van der Waals surface area (Å²) in [7, 11) is 0. The minimum Gasteiger partial charge on any atom is -0.398 e. The lowest BCUT2D eigenvalue weighted by Gasteiger charge is -2.16. The van der Waals surface area contributed by atoms with Crippen molar-refractivity contribution in [2.75, 3.05) is 37.2 Å². The van der Waals surface area contributed by atoms with E-state index in [1.54, 1.807) is 0 Å². The number of aryl methyl sites for hydroxylation is 1. The first-order valence-corrected chi connectivity index (χ1v) is 6.98. The van der Waals surface area contributed by atoms with Crippen LogP contribution in [-0.4, -0.2) is 31.1 Å². The van der Waals surface area contributed by atoms with Gasteiger partial charge in [-0.05, 0) is 66.5 Å². The van der Waals surface area contributed by atoms with E-state index in [2.05, 4.69) is 32.2 Å². The Morgan fingerprint density at radius 3 is 2.76 bits per heavy atom. The van der Waals surface area contributed by atoms with Crippen LogP contribution in [0.3, 0.4) is 0 Å². The van der Waals surface area contributed by atoms with Gasteiger partial charge in [0.05, 0.1) is 0 Å². The fraction of sp³-hybridized carbons (Fsp3) is 0.538. The maximum absolute atomic E-state index is 5.85. The van der Waals surface area contributed by atoms with Crippen molar-refractivity contribution in [3.8, 4) is 0 Å². The first-order chi connectivity index (χ1) is 8.16. The van der Waals surface area contributed by atoms with Crippen LogP contribution in [0.2, 0.25) is 0 Å². The molecule has 0 spiro atoms. The molecule has 1 aliphatic heterocycles. The second-order valence-corrected chi connectivity index (χ2v) is 5.52. The quantitative estimate of drug-likeness (QED) is 0.840. The van der Waals surface area contributed by atoms with Gasteiger partial charge in [-0.3, -0.25) is 0 Å². The first-order valence-electron chi connectivity index (χ1n) is 6.18. The van der Waals surface area contributed by atoms with Crippen molar-refractivity contribution in [2.24, 2.45) is 0 Å². The Balaban J connectivity index is 1.87. The molecular weight excluding hydrogens is 278 g/mol. The van der Waals surface area contributed by atoms with Gasteiger partial charge in [0.2, 0.25) is 0 Å². The van der Waals surface area contributed by atoms with E-state index in [0.717, 1.165) is 34.5 Å². The predicted molar refractivity (Wildman–Crippen MR) is 77.5 cm³/mol. The molecule has 3 N–H and O–H groups in total. The van der Waals surface area contributed by atoms with Crippen molar-refractivity contribution in [2.45, 2.75) is 19.8 Å². The second kappa shape index (κ2) is 5.74. The Hall–Kier alpha value is -0.740. The number of nitrogens with two attached hydrogens (primary N) is 1. The smallest absolute Gasteiger partial charge is 0.0489 e. The number of halogens is 1. The van der Waals surface area contributed by atoms with Gasteiger partial charge in [-0.1, -0.05) is 0 Å². The zero-order chi connectivity index (χ0) is 12.3. The molecule has 2 rings (SSSR count). The van der Waals surface area contributed by atoms with E-state index in [9.17, 15) is 0 Å². The minimum absolute atomic E-state index is 0.835. The molecule has 0 aliphatic carbocycles. The predicted octanol–water partition coefficient (Wildman–Crippen LogP) is 2.85. The highest BCUT2D eigenvalue weighted by molar-refractivity contribution is 9.10. The average Bonchev–Trinajstić information content (AvgIpc) is 2.78. The third-order valence-electron chi connectivity index (χ3n) is 3.30. The lowest BCUT2D eigenvalue weighted by Crippen LogP contribution is -2.26. The number of hydrogen-bond donors (Lipinski definition) is 2. The molecule has 1 aromatic rings. The van der Waals surface area contributed by atoms with Gasteiger partial charge in [0, 0.05) is 28.9 Å². The molecule has 0 unspecified atom stereocenters. The first kappa shape index (κ1) is 12.7. The number of hydrogen-bond acceptors (Lipinski definition) is 3. The Morgan fingerprint density at radius 1 is 1.35 bits per heavy atom. The van der Waals surface area contributed by atoms with Crippen LogP contribution in [-0.2, 0) is 0 Å². The van der Waals surface area contributed by atoms with Crippen molar-refractivity contribution in [3.05, 3.63) is 22.2 Å². The molecule has 17 heavy (non-hydrogen) atoms. The Morgan fingerprint density at radius 2 is 2.06 bits per heavy atom. The van der Waals surface area contributed by atoms with Crippen molar-refractivity contribution in [1.82, 2.24) is 4.90 Å². The summed E-state index contributed by atoms with van der Waals surface area (Å²) in [6, 6.07) is 4.07. The van der Waals surface area contributed by atoms with Crippen LogP contribution in [0.5, 0.6) is 0 Å². The lowest BCUT2D eigenvalue weighted by atomic mass is 10.2. The van der Waals surface area contributed by atoms with Gasteiger partial charge in [-0.15, -0.1) is 0 Å². The third-order valence-corrected chi connectivity index (χ3v) is 3.95. The van der Waals surface area contributed by atoms with Crippen molar-refractivity contribution in [3.63, 3.8) is 0 Å². The van der Waals surface area contributed by atoms with Crippen LogP contribution in [0.1, 0.15) is 18.4 Å². The van der Waals surface area contributed by atoms with Gasteiger partial charge < -0.3 is 16.0 Å². The van der Waals surface area contributed by atoms with Gasteiger partial charge in [-0.2, -0.15) is 0 Å². The molecule has 1 fully saturated rings. The molecule has 0 amide bonds. The molecule has 1 aromatic carbocycles. The van der Waals surface area contributed by atoms with E-state index < -0.39 is 0 Å². The standard InChI is InChI=1S/C13H20BrN3/c1-10-8-13(11(14)9-12(10)15)16-4-7-17-5-2-3-6-17/h8-9,16H,2-7,15H2,1H3. The molecular formula is C13H20BrN3. The Bertz CT molecular complexity index is 386. The van der Waals surface area contributed by atoms with Gasteiger partial charge >= 0.3 is 0 Å². The normalized spacial score (nSPS) is 16.4. The number of nitrogen functional groups attached to an aromatic ring is 1. The molecule has 0 bridgehead atoms. The number of likely N-dealkylation sites (tertiary alicyclic amines) is 1. The molecule has 0 saturated carbocycles. The summed E-state index contributed by atoms with van der Waals surface area (Å²) >= 11 is 3.54. The van der Waals surface area contributed by atoms with Gasteiger partial charge in [-0.25, -0.2) is 0 Å². The van der Waals surface area contributed by atoms with Crippen LogP contribution >= 0.6 is 15.9 Å². The number of benzene rings is 1. The Kier molecular flexibility index (Phi) is 4.29. The number of nitrogens with zero attached hydrogens (tertiary/aromatic N) is 1. The van der Waals surface area contributed by atoms with Crippen LogP contribution in [0.25, 0.3) is 0 Å². The van der Waals surface area contributed by atoms with E-state index in [1.807, 2.05) is 13.0 Å². The highest BCUT2D eigenvalue weighted by Crippen LogP contribution is 2.27. The maximum Gasteiger partial charge on any atom is 0.0489 e. The summed E-state index contributed by atoms with van der Waals surface area (Å²) in [5.41, 5.74) is 8.94. The second-order valence-electron chi connectivity index (χ2n) is 4.66. The van der Waals surface area contributed by atoms with E-state index in [4.69, 9.17) is 5.73 Å². The summed E-state index contributed by atoms with van der Waals surface area (Å²) in [6.07, 6.45) is 2.70. The zero-order valence-corrected chi connectivity index (χ0v) is 11.9. The SMILES string of the molecule is Cc1cc(NCCN2CCCC2)c(Br)cc1N. The van der Waals surface area contributed by atoms with Crippen molar-refractivity contribution in [1.29, 1.82) is 0 Å². The molecule has 0 radical (unpaired) electrons. The maximum atomic E-state index is 5.85. The number of rotatable bonds is 4. The summed E-state index contributed by atoms with van der Waals surface area (Å²) < 4.78 is 1.04. The van der Waals surface area contributed by atoms with Crippen LogP contribution < -0.4 is 11.1 Å². The highest BCUT2D eigenvalue weighted by Gasteiger charge is 2.10. The fourth-order valence-electron chi connectivity index (χ4n) is 2.19. The molecule has 1 saturated heterocycles. The lowest BCUT2D eigenvalue weighted by molar-refractivity contribution is 0.352. The van der Waals surface area contributed by atoms with Gasteiger partial charge in [0.1, 0.15) is 0 Å². The van der Waals surface area contributed by atoms with E-state index in [0.29, 0.717) is 0 Å². The van der Waals surface area contributed by atoms with E-state index >= 15 is 0 Å². The summed E-state index contributed by atoms with van der Waals surface area (Å²) in [6.45, 7) is 6.65. The van der Waals surface area contributed by atoms with Gasteiger partial charge in [0.25, 0.3) is 0 Å². The van der Waals surface area contributed by atoms with Crippen LogP contribution in [0.15, 0.2) is 16.6 Å². The summed E-state index contributed by atoms with van der Waals surface area (Å²) in [5, 5.41) is 3.46. The highest BCUT2D eigenvalue weighted by atomic mass is 79.9. The molecule has 0 aromatic heterocycles. The molecule has 4 heteroatoms. The van der Waals surface area contributed by atoms with Crippen molar-refractivity contribution >= 4 is 27.3 Å². The minimum atomic E-state index is 0.835. The van der Waals surface area contributed by atoms with Gasteiger partial charge in [0.15, 0.2) is 0 Å². The average molecular weight is 298 g/mol. The largest absolute Gasteiger partial charge is 0.398 e. The number of nitrogens with one attached hydrogen (secondary N) is 1. The van der Waals surface area contributed by atoms with Crippen LogP contribution in [0, 0.1) is 6.92 Å². The van der Waals surface area contributed by atoms with E-state index in [1.165, 1.54) is 25.9 Å². The molecule has 1 aliphatic rings.